The summed E-state index contributed by atoms with van der Waals surface area (Å²) in [6.45, 7) is 6.93. The predicted octanol–water partition coefficient (Wildman–Crippen LogP) is 2.96. The van der Waals surface area contributed by atoms with Crippen molar-refractivity contribution >= 4 is 0 Å². The highest BCUT2D eigenvalue weighted by molar-refractivity contribution is 5.21. The summed E-state index contributed by atoms with van der Waals surface area (Å²) in [6, 6.07) is 12.4. The standard InChI is InChI=1S/C16H24N2/c1-3-16(2)12-18(14-9-10-14)15(11-17-16)13-7-5-4-6-8-13/h4-8,14-15,17H,3,9-12H2,1-2H3. The zero-order valence-corrected chi connectivity index (χ0v) is 11.5. The molecule has 2 aliphatic rings. The van der Waals surface area contributed by atoms with Gasteiger partial charge in [-0.2, -0.15) is 0 Å². The molecule has 1 N–H and O–H groups in total. The van der Waals surface area contributed by atoms with Crippen LogP contribution in [-0.2, 0) is 0 Å². The minimum absolute atomic E-state index is 0.299. The molecule has 0 aromatic heterocycles. The van der Waals surface area contributed by atoms with E-state index in [0.29, 0.717) is 11.6 Å². The SMILES string of the molecule is CCC1(C)CN(C2CC2)C(c2ccccc2)CN1. The Hall–Kier alpha value is -0.860. The van der Waals surface area contributed by atoms with Crippen molar-refractivity contribution in [2.75, 3.05) is 13.1 Å². The lowest BCUT2D eigenvalue weighted by molar-refractivity contribution is 0.0768. The van der Waals surface area contributed by atoms with E-state index < -0.39 is 0 Å². The van der Waals surface area contributed by atoms with Crippen molar-refractivity contribution in [3.05, 3.63) is 35.9 Å². The van der Waals surface area contributed by atoms with Gasteiger partial charge in [-0.25, -0.2) is 0 Å². The Bertz CT molecular complexity index is 399. The van der Waals surface area contributed by atoms with Crippen molar-refractivity contribution in [2.24, 2.45) is 0 Å². The van der Waals surface area contributed by atoms with Gasteiger partial charge in [0.2, 0.25) is 0 Å². The van der Waals surface area contributed by atoms with Crippen LogP contribution in [0.25, 0.3) is 0 Å². The Labute approximate surface area is 110 Å². The normalized spacial score (nSPS) is 33.6. The van der Waals surface area contributed by atoms with Crippen LogP contribution in [0.15, 0.2) is 30.3 Å². The molecule has 1 aromatic carbocycles. The Morgan fingerprint density at radius 1 is 1.28 bits per heavy atom. The summed E-state index contributed by atoms with van der Waals surface area (Å²) < 4.78 is 0. The van der Waals surface area contributed by atoms with E-state index in [1.165, 1.54) is 31.4 Å². The van der Waals surface area contributed by atoms with Crippen molar-refractivity contribution < 1.29 is 0 Å². The molecule has 2 unspecified atom stereocenters. The molecular formula is C16H24N2. The highest BCUT2D eigenvalue weighted by atomic mass is 15.3. The van der Waals surface area contributed by atoms with Crippen LogP contribution in [0, 0.1) is 0 Å². The van der Waals surface area contributed by atoms with Gasteiger partial charge in [-0.05, 0) is 31.7 Å². The van der Waals surface area contributed by atoms with Gasteiger partial charge in [-0.1, -0.05) is 37.3 Å². The number of nitrogens with zero attached hydrogens (tertiary/aromatic N) is 1. The molecule has 0 spiro atoms. The molecule has 98 valence electrons. The first-order valence-electron chi connectivity index (χ1n) is 7.27. The van der Waals surface area contributed by atoms with Crippen molar-refractivity contribution in [1.82, 2.24) is 10.2 Å². The third-order valence-corrected chi connectivity index (χ3v) is 4.63. The van der Waals surface area contributed by atoms with E-state index in [2.05, 4.69) is 54.4 Å². The molecule has 1 saturated carbocycles. The Balaban J connectivity index is 1.82. The second kappa shape index (κ2) is 4.67. The Kier molecular flexibility index (Phi) is 3.16. The first-order chi connectivity index (χ1) is 8.72. The second-order valence-electron chi connectivity index (χ2n) is 6.13. The molecule has 18 heavy (non-hydrogen) atoms. The van der Waals surface area contributed by atoms with Gasteiger partial charge in [0.15, 0.2) is 0 Å². The molecule has 2 heteroatoms. The van der Waals surface area contributed by atoms with Gasteiger partial charge in [0.05, 0.1) is 0 Å². The van der Waals surface area contributed by atoms with Crippen LogP contribution in [0.4, 0.5) is 0 Å². The molecule has 0 amide bonds. The summed E-state index contributed by atoms with van der Waals surface area (Å²) in [5.41, 5.74) is 1.77. The van der Waals surface area contributed by atoms with E-state index in [9.17, 15) is 0 Å². The van der Waals surface area contributed by atoms with E-state index in [4.69, 9.17) is 0 Å². The fourth-order valence-corrected chi connectivity index (χ4v) is 3.04. The van der Waals surface area contributed by atoms with Crippen molar-refractivity contribution in [3.8, 4) is 0 Å². The summed E-state index contributed by atoms with van der Waals surface area (Å²) in [5.74, 6) is 0. The third kappa shape index (κ3) is 2.32. The molecule has 0 radical (unpaired) electrons. The first-order valence-corrected chi connectivity index (χ1v) is 7.27. The molecule has 1 aliphatic heterocycles. The van der Waals surface area contributed by atoms with Crippen LogP contribution in [0.3, 0.4) is 0 Å². The minimum atomic E-state index is 0.299. The number of hydrogen-bond acceptors (Lipinski definition) is 2. The molecule has 2 atom stereocenters. The minimum Gasteiger partial charge on any atom is -0.308 e. The second-order valence-corrected chi connectivity index (χ2v) is 6.13. The van der Waals surface area contributed by atoms with E-state index in [0.717, 1.165) is 12.6 Å². The molecule has 1 heterocycles. The molecule has 1 aliphatic carbocycles. The zero-order chi connectivity index (χ0) is 12.6. The Morgan fingerprint density at radius 3 is 2.61 bits per heavy atom. The molecule has 2 nitrogen and oxygen atoms in total. The van der Waals surface area contributed by atoms with Gasteiger partial charge < -0.3 is 5.32 Å². The highest BCUT2D eigenvalue weighted by Gasteiger charge is 2.41. The van der Waals surface area contributed by atoms with E-state index in [1.54, 1.807) is 0 Å². The number of hydrogen-bond donors (Lipinski definition) is 1. The largest absolute Gasteiger partial charge is 0.308 e. The van der Waals surface area contributed by atoms with Crippen molar-refractivity contribution in [3.63, 3.8) is 0 Å². The number of rotatable bonds is 3. The predicted molar refractivity (Wildman–Crippen MR) is 75.6 cm³/mol. The van der Waals surface area contributed by atoms with Gasteiger partial charge in [0, 0.05) is 30.7 Å². The van der Waals surface area contributed by atoms with Gasteiger partial charge in [0.25, 0.3) is 0 Å². The molecule has 3 rings (SSSR count). The van der Waals surface area contributed by atoms with Crippen LogP contribution in [0.2, 0.25) is 0 Å². The quantitative estimate of drug-likeness (QED) is 0.879. The van der Waals surface area contributed by atoms with Gasteiger partial charge in [-0.3, -0.25) is 4.90 Å². The number of nitrogens with one attached hydrogen (secondary N) is 1. The molecule has 2 fully saturated rings. The van der Waals surface area contributed by atoms with Gasteiger partial charge in [0.1, 0.15) is 0 Å². The summed E-state index contributed by atoms with van der Waals surface area (Å²) >= 11 is 0. The van der Waals surface area contributed by atoms with Crippen LogP contribution < -0.4 is 5.32 Å². The summed E-state index contributed by atoms with van der Waals surface area (Å²) in [7, 11) is 0. The lowest BCUT2D eigenvalue weighted by atomic mass is 9.91. The maximum Gasteiger partial charge on any atom is 0.0476 e. The van der Waals surface area contributed by atoms with Gasteiger partial charge >= 0.3 is 0 Å². The fourth-order valence-electron chi connectivity index (χ4n) is 3.04. The van der Waals surface area contributed by atoms with E-state index in [-0.39, 0.29) is 0 Å². The highest BCUT2D eigenvalue weighted by Crippen LogP contribution is 2.38. The first kappa shape index (κ1) is 12.2. The summed E-state index contributed by atoms with van der Waals surface area (Å²) in [6.07, 6.45) is 3.99. The van der Waals surface area contributed by atoms with Crippen LogP contribution in [-0.4, -0.2) is 29.6 Å². The number of benzene rings is 1. The van der Waals surface area contributed by atoms with Crippen LogP contribution >= 0.6 is 0 Å². The molecule has 0 bridgehead atoms. The van der Waals surface area contributed by atoms with Crippen molar-refractivity contribution in [2.45, 2.75) is 50.7 Å². The van der Waals surface area contributed by atoms with Crippen molar-refractivity contribution in [1.29, 1.82) is 0 Å². The molecule has 1 saturated heterocycles. The van der Waals surface area contributed by atoms with Gasteiger partial charge in [-0.15, -0.1) is 0 Å². The average molecular weight is 244 g/mol. The average Bonchev–Trinajstić information content (AvgIpc) is 3.24. The fraction of sp³-hybridized carbons (Fsp3) is 0.625. The topological polar surface area (TPSA) is 15.3 Å². The number of piperazine rings is 1. The summed E-state index contributed by atoms with van der Waals surface area (Å²) in [4.78, 5) is 2.75. The summed E-state index contributed by atoms with van der Waals surface area (Å²) in [5, 5.41) is 3.76. The Morgan fingerprint density at radius 2 is 2.00 bits per heavy atom. The molecular weight excluding hydrogens is 220 g/mol. The smallest absolute Gasteiger partial charge is 0.0476 e. The molecule has 1 aromatic rings. The lowest BCUT2D eigenvalue weighted by Gasteiger charge is -2.46. The van der Waals surface area contributed by atoms with E-state index in [1.807, 2.05) is 0 Å². The lowest BCUT2D eigenvalue weighted by Crippen LogP contribution is -2.59. The monoisotopic (exact) mass is 244 g/mol. The third-order valence-electron chi connectivity index (χ3n) is 4.63. The zero-order valence-electron chi connectivity index (χ0n) is 11.5. The maximum absolute atomic E-state index is 3.76. The van der Waals surface area contributed by atoms with Crippen LogP contribution in [0.1, 0.15) is 44.7 Å². The van der Waals surface area contributed by atoms with E-state index >= 15 is 0 Å². The maximum atomic E-state index is 3.76. The van der Waals surface area contributed by atoms with Crippen LogP contribution in [0.5, 0.6) is 0 Å².